The molecular weight excluding hydrogens is 448 g/mol. The summed E-state index contributed by atoms with van der Waals surface area (Å²) in [5.41, 5.74) is 2.52. The van der Waals surface area contributed by atoms with Gasteiger partial charge in [0.2, 0.25) is 6.23 Å². The van der Waals surface area contributed by atoms with Crippen molar-refractivity contribution in [1.29, 1.82) is 5.26 Å². The minimum Gasteiger partial charge on any atom is -0.351 e. The summed E-state index contributed by atoms with van der Waals surface area (Å²) >= 11 is 0. The number of piperazine rings is 1. The van der Waals surface area contributed by atoms with Gasteiger partial charge in [-0.1, -0.05) is 0 Å². The second-order valence-corrected chi connectivity index (χ2v) is 7.16. The molecule has 8 nitrogen and oxygen atoms in total. The molecule has 2 fully saturated rings. The lowest BCUT2D eigenvalue weighted by atomic mass is 10.1. The van der Waals surface area contributed by atoms with Gasteiger partial charge >= 0.3 is 18.4 Å². The number of nitriles is 1. The SMILES string of the molecule is N#Cc1ccc(N2CC(C(=O)N3CCN(C(N)=O)CC3)OC2C(F)(F)F)cc1C(F)(F)F. The Kier molecular flexibility index (Phi) is 6.14. The van der Waals surface area contributed by atoms with Crippen LogP contribution in [0.5, 0.6) is 0 Å². The maximum Gasteiger partial charge on any atom is 0.433 e. The van der Waals surface area contributed by atoms with Gasteiger partial charge in [-0.15, -0.1) is 0 Å². The Labute approximate surface area is 177 Å². The number of hydrogen-bond donors (Lipinski definition) is 1. The fraction of sp³-hybridized carbons (Fsp3) is 0.500. The molecule has 0 bridgehead atoms. The van der Waals surface area contributed by atoms with E-state index in [0.717, 1.165) is 12.1 Å². The number of nitrogens with zero attached hydrogens (tertiary/aromatic N) is 4. The third-order valence-corrected chi connectivity index (χ3v) is 5.16. The van der Waals surface area contributed by atoms with Gasteiger partial charge in [0, 0.05) is 31.9 Å². The van der Waals surface area contributed by atoms with Crippen molar-refractivity contribution in [2.45, 2.75) is 24.7 Å². The number of ether oxygens (including phenoxy) is 1. The molecule has 0 aliphatic carbocycles. The predicted octanol–water partition coefficient (Wildman–Crippen LogP) is 1.89. The van der Waals surface area contributed by atoms with E-state index in [9.17, 15) is 35.9 Å². The molecule has 2 aliphatic rings. The highest BCUT2D eigenvalue weighted by atomic mass is 19.4. The molecule has 32 heavy (non-hydrogen) atoms. The van der Waals surface area contributed by atoms with Gasteiger partial charge in [0.25, 0.3) is 5.91 Å². The van der Waals surface area contributed by atoms with Crippen molar-refractivity contribution in [3.05, 3.63) is 29.3 Å². The zero-order chi connectivity index (χ0) is 23.8. The van der Waals surface area contributed by atoms with Crippen LogP contribution < -0.4 is 10.6 Å². The Balaban J connectivity index is 1.85. The molecule has 0 aromatic heterocycles. The van der Waals surface area contributed by atoms with Gasteiger partial charge in [0.1, 0.15) is 0 Å². The van der Waals surface area contributed by atoms with Gasteiger partial charge in [-0.2, -0.15) is 31.6 Å². The first kappa shape index (κ1) is 23.5. The van der Waals surface area contributed by atoms with Crippen LogP contribution in [0.3, 0.4) is 0 Å². The van der Waals surface area contributed by atoms with Crippen LogP contribution in [0.1, 0.15) is 11.1 Å². The minimum atomic E-state index is -5.01. The Morgan fingerprint density at radius 2 is 1.66 bits per heavy atom. The first-order chi connectivity index (χ1) is 14.8. The van der Waals surface area contributed by atoms with Crippen molar-refractivity contribution in [2.24, 2.45) is 5.73 Å². The van der Waals surface area contributed by atoms with E-state index in [2.05, 4.69) is 0 Å². The number of amides is 3. The van der Waals surface area contributed by atoms with E-state index in [-0.39, 0.29) is 26.2 Å². The first-order valence-electron chi connectivity index (χ1n) is 9.26. The number of anilines is 1. The van der Waals surface area contributed by atoms with Crippen molar-refractivity contribution in [3.63, 3.8) is 0 Å². The molecule has 2 atom stereocenters. The monoisotopic (exact) mass is 465 g/mol. The summed E-state index contributed by atoms with van der Waals surface area (Å²) < 4.78 is 85.4. The number of nitrogens with two attached hydrogens (primary N) is 1. The summed E-state index contributed by atoms with van der Waals surface area (Å²) in [4.78, 5) is 26.9. The molecule has 2 unspecified atom stereocenters. The van der Waals surface area contributed by atoms with Crippen LogP contribution in [0.2, 0.25) is 0 Å². The molecule has 1 aromatic carbocycles. The van der Waals surface area contributed by atoms with Crippen LogP contribution >= 0.6 is 0 Å². The molecule has 2 heterocycles. The lowest BCUT2D eigenvalue weighted by Crippen LogP contribution is -2.54. The zero-order valence-corrected chi connectivity index (χ0v) is 16.3. The van der Waals surface area contributed by atoms with Crippen LogP contribution in [0.15, 0.2) is 18.2 Å². The number of rotatable bonds is 2. The summed E-state index contributed by atoms with van der Waals surface area (Å²) in [5.74, 6) is -0.782. The van der Waals surface area contributed by atoms with Crippen LogP contribution in [-0.4, -0.2) is 73.0 Å². The normalized spacial score (nSPS) is 22.1. The smallest absolute Gasteiger partial charge is 0.351 e. The number of urea groups is 1. The topological polar surface area (TPSA) is 103 Å². The summed E-state index contributed by atoms with van der Waals surface area (Å²) in [6.45, 7) is -0.432. The number of hydrogen-bond acceptors (Lipinski definition) is 5. The molecule has 3 rings (SSSR count). The first-order valence-corrected chi connectivity index (χ1v) is 9.26. The molecule has 2 aliphatic heterocycles. The largest absolute Gasteiger partial charge is 0.433 e. The van der Waals surface area contributed by atoms with Crippen LogP contribution in [0, 0.1) is 11.3 Å². The maximum atomic E-state index is 13.6. The number of carbonyl (C=O) groups excluding carboxylic acids is 2. The maximum absolute atomic E-state index is 13.6. The lowest BCUT2D eigenvalue weighted by molar-refractivity contribution is -0.215. The molecule has 2 N–H and O–H groups in total. The summed E-state index contributed by atoms with van der Waals surface area (Å²) in [7, 11) is 0. The molecular formula is C18H17F6N5O3. The van der Waals surface area contributed by atoms with Crippen LogP contribution in [0.4, 0.5) is 36.8 Å². The number of alkyl halides is 6. The van der Waals surface area contributed by atoms with E-state index in [1.807, 2.05) is 0 Å². The van der Waals surface area contributed by atoms with Crippen molar-refractivity contribution < 1.29 is 40.7 Å². The molecule has 0 spiro atoms. The second kappa shape index (κ2) is 8.38. The number of carbonyl (C=O) groups is 2. The Hall–Kier alpha value is -3.21. The Morgan fingerprint density at radius 1 is 1.06 bits per heavy atom. The van der Waals surface area contributed by atoms with E-state index < -0.39 is 60.0 Å². The number of halogens is 6. The van der Waals surface area contributed by atoms with Gasteiger partial charge < -0.3 is 25.2 Å². The van der Waals surface area contributed by atoms with E-state index in [0.29, 0.717) is 11.0 Å². The molecule has 0 saturated carbocycles. The highest BCUT2D eigenvalue weighted by Gasteiger charge is 2.53. The standard InChI is InChI=1S/C18H17F6N5O3/c19-17(20,21)12-7-11(2-1-10(12)8-25)29-9-13(32-15(29)18(22,23)24)14(30)27-3-5-28(6-4-27)16(26)31/h1-2,7,13,15H,3-6,9H2,(H2,26,31). The number of primary amides is 1. The Morgan fingerprint density at radius 3 is 2.16 bits per heavy atom. The molecule has 14 heteroatoms. The summed E-state index contributed by atoms with van der Waals surface area (Å²) in [6.07, 6.45) is -14.2. The highest BCUT2D eigenvalue weighted by Crippen LogP contribution is 2.39. The van der Waals surface area contributed by atoms with Crippen LogP contribution in [-0.2, 0) is 15.7 Å². The van der Waals surface area contributed by atoms with Gasteiger partial charge in [-0.3, -0.25) is 4.79 Å². The fourth-order valence-corrected chi connectivity index (χ4v) is 3.57. The van der Waals surface area contributed by atoms with Gasteiger partial charge in [-0.05, 0) is 18.2 Å². The molecule has 2 saturated heterocycles. The Bertz CT molecular complexity index is 937. The predicted molar refractivity (Wildman–Crippen MR) is 96.0 cm³/mol. The van der Waals surface area contributed by atoms with Gasteiger partial charge in [0.05, 0.1) is 23.7 Å². The summed E-state index contributed by atoms with van der Waals surface area (Å²) in [6, 6.07) is 2.79. The van der Waals surface area contributed by atoms with Crippen molar-refractivity contribution in [3.8, 4) is 6.07 Å². The average molecular weight is 465 g/mol. The van der Waals surface area contributed by atoms with E-state index in [4.69, 9.17) is 15.7 Å². The second-order valence-electron chi connectivity index (χ2n) is 7.16. The fourth-order valence-electron chi connectivity index (χ4n) is 3.57. The molecule has 0 radical (unpaired) electrons. The van der Waals surface area contributed by atoms with E-state index in [1.165, 1.54) is 15.9 Å². The third-order valence-electron chi connectivity index (χ3n) is 5.16. The van der Waals surface area contributed by atoms with Crippen molar-refractivity contribution in [1.82, 2.24) is 9.80 Å². The van der Waals surface area contributed by atoms with Crippen LogP contribution in [0.25, 0.3) is 0 Å². The van der Waals surface area contributed by atoms with E-state index >= 15 is 0 Å². The lowest BCUT2D eigenvalue weighted by Gasteiger charge is -2.34. The summed E-state index contributed by atoms with van der Waals surface area (Å²) in [5, 5.41) is 8.88. The van der Waals surface area contributed by atoms with Crippen molar-refractivity contribution >= 4 is 17.6 Å². The molecule has 174 valence electrons. The quantitative estimate of drug-likeness (QED) is 0.673. The molecule has 3 amide bonds. The van der Waals surface area contributed by atoms with Gasteiger partial charge in [0.15, 0.2) is 6.10 Å². The van der Waals surface area contributed by atoms with Gasteiger partial charge in [-0.25, -0.2) is 4.79 Å². The zero-order valence-electron chi connectivity index (χ0n) is 16.3. The number of benzene rings is 1. The van der Waals surface area contributed by atoms with Crippen molar-refractivity contribution in [2.75, 3.05) is 37.6 Å². The highest BCUT2D eigenvalue weighted by molar-refractivity contribution is 5.83. The average Bonchev–Trinajstić information content (AvgIpc) is 3.18. The molecule has 1 aromatic rings. The minimum absolute atomic E-state index is 0.0212. The third kappa shape index (κ3) is 4.67. The van der Waals surface area contributed by atoms with E-state index in [1.54, 1.807) is 0 Å².